The molecule has 2 rings (SSSR count). The number of amides is 1. The smallest absolute Gasteiger partial charge is 0.239 e. The first-order chi connectivity index (χ1) is 9.71. The molecule has 1 aromatic carbocycles. The summed E-state index contributed by atoms with van der Waals surface area (Å²) in [5, 5.41) is 6.70. The zero-order valence-corrected chi connectivity index (χ0v) is 11.9. The number of rotatable bonds is 6. The van der Waals surface area contributed by atoms with Gasteiger partial charge in [-0.05, 0) is 24.1 Å². The lowest BCUT2D eigenvalue weighted by molar-refractivity contribution is -0.113. The summed E-state index contributed by atoms with van der Waals surface area (Å²) >= 11 is 5.41. The van der Waals surface area contributed by atoms with Crippen LogP contribution < -0.4 is 10.1 Å². The van der Waals surface area contributed by atoms with Gasteiger partial charge in [-0.15, -0.1) is 11.6 Å². The normalized spacial score (nSPS) is 10.3. The monoisotopic (exact) mass is 293 g/mol. The average Bonchev–Trinajstić information content (AvgIpc) is 2.93. The number of benzene rings is 1. The van der Waals surface area contributed by atoms with E-state index in [1.807, 2.05) is 24.3 Å². The first-order valence-corrected chi connectivity index (χ1v) is 6.84. The Bertz CT molecular complexity index is 566. The van der Waals surface area contributed by atoms with Crippen LogP contribution in [0.1, 0.15) is 12.5 Å². The molecule has 1 amide bonds. The molecule has 0 aliphatic carbocycles. The molecule has 5 nitrogen and oxygen atoms in total. The maximum absolute atomic E-state index is 11.1. The van der Waals surface area contributed by atoms with Gasteiger partial charge in [0.1, 0.15) is 11.6 Å². The standard InChI is InChI=1S/C14H16ClN3O2/c1-2-11-3-5-13(6-4-11)20-10-18-9-12(8-16-18)17-14(19)7-15/h3-6,8-9H,2,7,10H2,1H3,(H,17,19). The third-order valence-electron chi connectivity index (χ3n) is 2.73. The number of halogens is 1. The Morgan fingerprint density at radius 3 is 2.80 bits per heavy atom. The van der Waals surface area contributed by atoms with Crippen LogP contribution >= 0.6 is 11.6 Å². The SMILES string of the molecule is CCc1ccc(OCn2cc(NC(=O)CCl)cn2)cc1. The minimum atomic E-state index is -0.262. The molecule has 0 atom stereocenters. The molecule has 0 aliphatic rings. The highest BCUT2D eigenvalue weighted by Crippen LogP contribution is 2.13. The van der Waals surface area contributed by atoms with Crippen molar-refractivity contribution in [3.63, 3.8) is 0 Å². The fourth-order valence-corrected chi connectivity index (χ4v) is 1.72. The Morgan fingerprint density at radius 2 is 2.15 bits per heavy atom. The van der Waals surface area contributed by atoms with E-state index in [0.29, 0.717) is 5.69 Å². The summed E-state index contributed by atoms with van der Waals surface area (Å²) in [6.45, 7) is 2.39. The number of nitrogens with zero attached hydrogens (tertiary/aromatic N) is 2. The van der Waals surface area contributed by atoms with E-state index in [-0.39, 0.29) is 18.5 Å². The van der Waals surface area contributed by atoms with E-state index in [9.17, 15) is 4.79 Å². The van der Waals surface area contributed by atoms with Gasteiger partial charge >= 0.3 is 0 Å². The minimum absolute atomic E-state index is 0.0779. The summed E-state index contributed by atoms with van der Waals surface area (Å²) in [5.41, 5.74) is 1.86. The van der Waals surface area contributed by atoms with Gasteiger partial charge in [-0.2, -0.15) is 5.10 Å². The molecule has 0 fully saturated rings. The van der Waals surface area contributed by atoms with Crippen molar-refractivity contribution in [1.29, 1.82) is 0 Å². The van der Waals surface area contributed by atoms with Crippen LogP contribution in [-0.2, 0) is 17.9 Å². The Morgan fingerprint density at radius 1 is 1.40 bits per heavy atom. The highest BCUT2D eigenvalue weighted by molar-refractivity contribution is 6.29. The lowest BCUT2D eigenvalue weighted by Crippen LogP contribution is -2.12. The molecule has 0 radical (unpaired) electrons. The van der Waals surface area contributed by atoms with Crippen LogP contribution in [0.3, 0.4) is 0 Å². The Balaban J connectivity index is 1.88. The lowest BCUT2D eigenvalue weighted by atomic mass is 10.2. The largest absolute Gasteiger partial charge is 0.471 e. The first kappa shape index (κ1) is 14.4. The maximum Gasteiger partial charge on any atom is 0.239 e. The predicted molar refractivity (Wildman–Crippen MR) is 78.0 cm³/mol. The van der Waals surface area contributed by atoms with Gasteiger partial charge < -0.3 is 10.1 Å². The molecule has 6 heteroatoms. The molecule has 1 aromatic heterocycles. The summed E-state index contributed by atoms with van der Waals surface area (Å²) in [6.07, 6.45) is 4.24. The second-order valence-electron chi connectivity index (χ2n) is 4.22. The zero-order valence-electron chi connectivity index (χ0n) is 11.2. The van der Waals surface area contributed by atoms with E-state index >= 15 is 0 Å². The number of ether oxygens (including phenoxy) is 1. The summed E-state index contributed by atoms with van der Waals surface area (Å²) in [4.78, 5) is 11.1. The van der Waals surface area contributed by atoms with Crippen LogP contribution in [0.25, 0.3) is 0 Å². The van der Waals surface area contributed by atoms with Crippen molar-refractivity contribution >= 4 is 23.2 Å². The van der Waals surface area contributed by atoms with Crippen LogP contribution in [0.2, 0.25) is 0 Å². The van der Waals surface area contributed by atoms with E-state index in [2.05, 4.69) is 17.3 Å². The van der Waals surface area contributed by atoms with E-state index in [1.165, 1.54) is 5.56 Å². The molecule has 0 saturated carbocycles. The van der Waals surface area contributed by atoms with E-state index < -0.39 is 0 Å². The molecule has 1 heterocycles. The molecule has 20 heavy (non-hydrogen) atoms. The first-order valence-electron chi connectivity index (χ1n) is 6.31. The summed E-state index contributed by atoms with van der Waals surface area (Å²) in [5.74, 6) is 0.442. The van der Waals surface area contributed by atoms with Gasteiger partial charge in [0, 0.05) is 0 Å². The fourth-order valence-electron chi connectivity index (χ4n) is 1.66. The molecule has 1 N–H and O–H groups in total. The number of alkyl halides is 1. The number of carbonyl (C=O) groups excluding carboxylic acids is 1. The average molecular weight is 294 g/mol. The van der Waals surface area contributed by atoms with Gasteiger partial charge in [-0.1, -0.05) is 19.1 Å². The molecule has 0 saturated heterocycles. The molecule has 2 aromatic rings. The number of nitrogens with one attached hydrogen (secondary N) is 1. The van der Waals surface area contributed by atoms with Crippen molar-refractivity contribution in [3.05, 3.63) is 42.2 Å². The highest BCUT2D eigenvalue weighted by Gasteiger charge is 2.03. The zero-order chi connectivity index (χ0) is 14.4. The number of hydrogen-bond donors (Lipinski definition) is 1. The quantitative estimate of drug-likeness (QED) is 0.833. The number of hydrogen-bond acceptors (Lipinski definition) is 3. The van der Waals surface area contributed by atoms with Crippen molar-refractivity contribution in [3.8, 4) is 5.75 Å². The number of aryl methyl sites for hydroxylation is 1. The van der Waals surface area contributed by atoms with Crippen LogP contribution in [0.5, 0.6) is 5.75 Å². The van der Waals surface area contributed by atoms with Gasteiger partial charge in [0.2, 0.25) is 5.91 Å². The molecular formula is C14H16ClN3O2. The number of aromatic nitrogens is 2. The van der Waals surface area contributed by atoms with Crippen molar-refractivity contribution in [2.45, 2.75) is 20.1 Å². The Kier molecular flexibility index (Phi) is 5.01. The number of carbonyl (C=O) groups is 1. The Hall–Kier alpha value is -2.01. The molecule has 0 spiro atoms. The van der Waals surface area contributed by atoms with Gasteiger partial charge in [0.25, 0.3) is 0 Å². The van der Waals surface area contributed by atoms with Gasteiger partial charge in [0.15, 0.2) is 6.73 Å². The minimum Gasteiger partial charge on any atom is -0.471 e. The fraction of sp³-hybridized carbons (Fsp3) is 0.286. The van der Waals surface area contributed by atoms with Crippen molar-refractivity contribution < 1.29 is 9.53 Å². The van der Waals surface area contributed by atoms with E-state index in [4.69, 9.17) is 16.3 Å². The third kappa shape index (κ3) is 3.99. The Labute approximate surface area is 122 Å². The molecule has 0 unspecified atom stereocenters. The summed E-state index contributed by atoms with van der Waals surface area (Å²) in [6, 6.07) is 7.92. The van der Waals surface area contributed by atoms with Crippen LogP contribution in [0, 0.1) is 0 Å². The van der Waals surface area contributed by atoms with Crippen molar-refractivity contribution in [1.82, 2.24) is 9.78 Å². The second-order valence-corrected chi connectivity index (χ2v) is 4.49. The van der Waals surface area contributed by atoms with E-state index in [1.54, 1.807) is 17.1 Å². The van der Waals surface area contributed by atoms with Crippen LogP contribution in [-0.4, -0.2) is 21.6 Å². The van der Waals surface area contributed by atoms with Gasteiger partial charge in [-0.3, -0.25) is 4.79 Å². The molecule has 106 valence electrons. The summed E-state index contributed by atoms with van der Waals surface area (Å²) < 4.78 is 7.19. The maximum atomic E-state index is 11.1. The third-order valence-corrected chi connectivity index (χ3v) is 2.98. The number of anilines is 1. The van der Waals surface area contributed by atoms with Crippen molar-refractivity contribution in [2.75, 3.05) is 11.2 Å². The molecular weight excluding hydrogens is 278 g/mol. The predicted octanol–water partition coefficient (Wildman–Crippen LogP) is 2.66. The van der Waals surface area contributed by atoms with Crippen LogP contribution in [0.4, 0.5) is 5.69 Å². The molecule has 0 bridgehead atoms. The lowest BCUT2D eigenvalue weighted by Gasteiger charge is -2.06. The van der Waals surface area contributed by atoms with Crippen molar-refractivity contribution in [2.24, 2.45) is 0 Å². The summed E-state index contributed by atoms with van der Waals surface area (Å²) in [7, 11) is 0. The van der Waals surface area contributed by atoms with Crippen LogP contribution in [0.15, 0.2) is 36.7 Å². The molecule has 0 aliphatic heterocycles. The highest BCUT2D eigenvalue weighted by atomic mass is 35.5. The second kappa shape index (κ2) is 6.96. The van der Waals surface area contributed by atoms with Gasteiger partial charge in [0.05, 0.1) is 18.1 Å². The topological polar surface area (TPSA) is 56.1 Å². The van der Waals surface area contributed by atoms with Gasteiger partial charge in [-0.25, -0.2) is 4.68 Å². The van der Waals surface area contributed by atoms with E-state index in [0.717, 1.165) is 12.2 Å².